The Bertz CT molecular complexity index is 648. The van der Waals surface area contributed by atoms with Gasteiger partial charge in [0.15, 0.2) is 5.13 Å². The van der Waals surface area contributed by atoms with Gasteiger partial charge in [-0.15, -0.1) is 11.3 Å². The molecule has 1 N–H and O–H groups in total. The molecule has 0 radical (unpaired) electrons. The average Bonchev–Trinajstić information content (AvgIpc) is 2.97. The number of aryl methyl sites for hydroxylation is 1. The zero-order chi connectivity index (χ0) is 13.4. The minimum Gasteiger partial charge on any atom is -0.276 e. The van der Waals surface area contributed by atoms with Crippen molar-refractivity contribution in [1.82, 2.24) is 10.3 Å². The number of benzene rings is 1. The molecule has 1 fully saturated rings. The van der Waals surface area contributed by atoms with E-state index in [2.05, 4.69) is 10.3 Å². The van der Waals surface area contributed by atoms with Crippen molar-refractivity contribution in [3.63, 3.8) is 0 Å². The molecule has 3 amide bonds. The van der Waals surface area contributed by atoms with Gasteiger partial charge in [0.05, 0.1) is 5.69 Å². The molecule has 2 aromatic rings. The van der Waals surface area contributed by atoms with Crippen molar-refractivity contribution in [3.8, 4) is 11.3 Å². The van der Waals surface area contributed by atoms with Gasteiger partial charge in [-0.2, -0.15) is 0 Å². The number of carbonyl (C=O) groups is 2. The lowest BCUT2D eigenvalue weighted by molar-refractivity contribution is -0.117. The van der Waals surface area contributed by atoms with E-state index < -0.39 is 6.03 Å². The van der Waals surface area contributed by atoms with Crippen molar-refractivity contribution in [3.05, 3.63) is 35.2 Å². The molecule has 0 bridgehead atoms. The van der Waals surface area contributed by atoms with E-state index in [1.54, 1.807) is 0 Å². The molecule has 0 atom stereocenters. The van der Waals surface area contributed by atoms with Crippen LogP contribution in [0.15, 0.2) is 29.6 Å². The Morgan fingerprint density at radius 1 is 1.26 bits per heavy atom. The van der Waals surface area contributed by atoms with E-state index in [0.717, 1.165) is 11.3 Å². The van der Waals surface area contributed by atoms with Crippen molar-refractivity contribution in [1.29, 1.82) is 0 Å². The minimum absolute atomic E-state index is 0.0414. The highest BCUT2D eigenvalue weighted by molar-refractivity contribution is 7.14. The molecular formula is C13H11N3O2S. The van der Waals surface area contributed by atoms with Crippen LogP contribution in [0.1, 0.15) is 5.56 Å². The normalized spacial score (nSPS) is 14.9. The number of thiazole rings is 1. The molecule has 1 aliphatic rings. The summed E-state index contributed by atoms with van der Waals surface area (Å²) in [7, 11) is 0. The van der Waals surface area contributed by atoms with Gasteiger partial charge < -0.3 is 0 Å². The molecule has 0 spiro atoms. The Labute approximate surface area is 113 Å². The second-order valence-electron chi connectivity index (χ2n) is 4.32. The van der Waals surface area contributed by atoms with E-state index in [-0.39, 0.29) is 12.5 Å². The summed E-state index contributed by atoms with van der Waals surface area (Å²) in [4.78, 5) is 28.5. The Morgan fingerprint density at radius 3 is 2.63 bits per heavy atom. The highest BCUT2D eigenvalue weighted by Crippen LogP contribution is 2.28. The second kappa shape index (κ2) is 4.47. The van der Waals surface area contributed by atoms with Crippen LogP contribution in [0.25, 0.3) is 11.3 Å². The Kier molecular flexibility index (Phi) is 2.79. The molecule has 0 saturated carbocycles. The van der Waals surface area contributed by atoms with E-state index in [1.807, 2.05) is 36.6 Å². The van der Waals surface area contributed by atoms with Crippen LogP contribution >= 0.6 is 11.3 Å². The fraction of sp³-hybridized carbons (Fsp3) is 0.154. The smallest absolute Gasteiger partial charge is 0.276 e. The van der Waals surface area contributed by atoms with Crippen molar-refractivity contribution in [2.45, 2.75) is 6.92 Å². The van der Waals surface area contributed by atoms with Gasteiger partial charge in [-0.05, 0) is 6.92 Å². The molecule has 6 heteroatoms. The van der Waals surface area contributed by atoms with Crippen LogP contribution in [0, 0.1) is 6.92 Å². The summed E-state index contributed by atoms with van der Waals surface area (Å²) in [6.07, 6.45) is 0. The van der Waals surface area contributed by atoms with Crippen LogP contribution in [-0.2, 0) is 4.79 Å². The standard InChI is InChI=1S/C13H11N3O2S/c1-8-2-4-9(5-3-8)10-7-19-13(14-10)16-6-11(17)15-12(16)18/h2-5,7H,6H2,1H3,(H,15,17,18). The van der Waals surface area contributed by atoms with Gasteiger partial charge in [0, 0.05) is 10.9 Å². The van der Waals surface area contributed by atoms with Crippen LogP contribution in [-0.4, -0.2) is 23.5 Å². The van der Waals surface area contributed by atoms with Crippen molar-refractivity contribution >= 4 is 28.4 Å². The molecular weight excluding hydrogens is 262 g/mol. The first-order valence-corrected chi connectivity index (χ1v) is 6.65. The number of imide groups is 1. The first kappa shape index (κ1) is 11.9. The lowest BCUT2D eigenvalue weighted by Gasteiger charge is -2.07. The number of nitrogens with one attached hydrogen (secondary N) is 1. The lowest BCUT2D eigenvalue weighted by atomic mass is 10.1. The Hall–Kier alpha value is -2.21. The quantitative estimate of drug-likeness (QED) is 0.853. The molecule has 3 rings (SSSR count). The molecule has 1 aromatic carbocycles. The van der Waals surface area contributed by atoms with Crippen LogP contribution in [0.4, 0.5) is 9.93 Å². The van der Waals surface area contributed by atoms with Gasteiger partial charge in [0.1, 0.15) is 6.54 Å². The topological polar surface area (TPSA) is 62.3 Å². The Balaban J connectivity index is 1.89. The zero-order valence-electron chi connectivity index (χ0n) is 10.2. The maximum atomic E-state index is 11.5. The highest BCUT2D eigenvalue weighted by Gasteiger charge is 2.30. The van der Waals surface area contributed by atoms with Gasteiger partial charge in [0.25, 0.3) is 0 Å². The maximum absolute atomic E-state index is 11.5. The van der Waals surface area contributed by atoms with E-state index >= 15 is 0 Å². The first-order chi connectivity index (χ1) is 9.13. The molecule has 19 heavy (non-hydrogen) atoms. The van der Waals surface area contributed by atoms with Crippen LogP contribution in [0.3, 0.4) is 0 Å². The number of nitrogens with zero attached hydrogens (tertiary/aromatic N) is 2. The number of hydrogen-bond acceptors (Lipinski definition) is 4. The number of amides is 3. The lowest BCUT2D eigenvalue weighted by Crippen LogP contribution is -2.27. The second-order valence-corrected chi connectivity index (χ2v) is 5.16. The number of hydrogen-bond donors (Lipinski definition) is 1. The monoisotopic (exact) mass is 273 g/mol. The number of rotatable bonds is 2. The van der Waals surface area contributed by atoms with Gasteiger partial charge in [-0.1, -0.05) is 29.8 Å². The molecule has 96 valence electrons. The Morgan fingerprint density at radius 2 is 2.00 bits per heavy atom. The molecule has 1 aliphatic heterocycles. The summed E-state index contributed by atoms with van der Waals surface area (Å²) >= 11 is 1.35. The molecule has 0 aliphatic carbocycles. The zero-order valence-corrected chi connectivity index (χ0v) is 11.0. The van der Waals surface area contributed by atoms with E-state index in [4.69, 9.17) is 0 Å². The fourth-order valence-electron chi connectivity index (χ4n) is 1.84. The molecule has 1 saturated heterocycles. The van der Waals surface area contributed by atoms with Crippen LogP contribution < -0.4 is 10.2 Å². The summed E-state index contributed by atoms with van der Waals surface area (Å²) in [5, 5.41) is 4.66. The van der Waals surface area contributed by atoms with E-state index in [1.165, 1.54) is 21.8 Å². The van der Waals surface area contributed by atoms with Crippen molar-refractivity contribution < 1.29 is 9.59 Å². The van der Waals surface area contributed by atoms with Crippen molar-refractivity contribution in [2.75, 3.05) is 11.4 Å². The fourth-order valence-corrected chi connectivity index (χ4v) is 2.67. The molecule has 5 nitrogen and oxygen atoms in total. The van der Waals surface area contributed by atoms with E-state index in [9.17, 15) is 9.59 Å². The first-order valence-electron chi connectivity index (χ1n) is 5.77. The summed E-state index contributed by atoms with van der Waals surface area (Å²) in [5.74, 6) is -0.294. The van der Waals surface area contributed by atoms with E-state index in [0.29, 0.717) is 5.13 Å². The summed E-state index contributed by atoms with van der Waals surface area (Å²) < 4.78 is 0. The van der Waals surface area contributed by atoms with Crippen LogP contribution in [0.5, 0.6) is 0 Å². The van der Waals surface area contributed by atoms with Gasteiger partial charge >= 0.3 is 6.03 Å². The summed E-state index contributed by atoms with van der Waals surface area (Å²) in [6, 6.07) is 7.60. The summed E-state index contributed by atoms with van der Waals surface area (Å²) in [6.45, 7) is 2.07. The number of aromatic nitrogens is 1. The van der Waals surface area contributed by atoms with Crippen LogP contribution in [0.2, 0.25) is 0 Å². The van der Waals surface area contributed by atoms with Gasteiger partial charge in [-0.3, -0.25) is 15.0 Å². The van der Waals surface area contributed by atoms with Gasteiger partial charge in [0.2, 0.25) is 5.91 Å². The van der Waals surface area contributed by atoms with Gasteiger partial charge in [-0.25, -0.2) is 9.78 Å². The third kappa shape index (κ3) is 2.22. The maximum Gasteiger partial charge on any atom is 0.330 e. The summed E-state index contributed by atoms with van der Waals surface area (Å²) in [5.41, 5.74) is 3.00. The molecule has 2 heterocycles. The largest absolute Gasteiger partial charge is 0.330 e. The number of carbonyl (C=O) groups excluding carboxylic acids is 2. The number of urea groups is 1. The van der Waals surface area contributed by atoms with Crippen molar-refractivity contribution in [2.24, 2.45) is 0 Å². The third-order valence-electron chi connectivity index (χ3n) is 2.86. The average molecular weight is 273 g/mol. The molecule has 0 unspecified atom stereocenters. The minimum atomic E-state index is -0.408. The highest BCUT2D eigenvalue weighted by atomic mass is 32.1. The number of anilines is 1. The predicted octanol–water partition coefficient (Wildman–Crippen LogP) is 2.17. The SMILES string of the molecule is Cc1ccc(-c2csc(N3CC(=O)NC3=O)n2)cc1. The predicted molar refractivity (Wildman–Crippen MR) is 73.2 cm³/mol. The third-order valence-corrected chi connectivity index (χ3v) is 3.73. The molecule has 1 aromatic heterocycles.